The number of methoxy groups -OCH3 is 1. The number of Topliss-reactive ketones (excluding diaryl/α,β-unsaturated/α-hetero) is 1. The molecular formula is C16H16O2. The third-order valence-corrected chi connectivity index (χ3v) is 2.84. The van der Waals surface area contributed by atoms with Crippen LogP contribution in [-0.2, 0) is 6.42 Å². The molecule has 0 saturated heterocycles. The monoisotopic (exact) mass is 240 g/mol. The topological polar surface area (TPSA) is 26.3 Å². The minimum absolute atomic E-state index is 0.131. The molecule has 2 nitrogen and oxygen atoms in total. The first kappa shape index (κ1) is 12.4. The Morgan fingerprint density at radius 2 is 1.89 bits per heavy atom. The molecule has 0 aromatic heterocycles. The molecule has 2 aromatic rings. The Bertz CT molecular complexity index is 559. The fourth-order valence-electron chi connectivity index (χ4n) is 1.89. The summed E-state index contributed by atoms with van der Waals surface area (Å²) < 4.78 is 5.15. The van der Waals surface area contributed by atoms with Gasteiger partial charge in [-0.05, 0) is 30.7 Å². The number of ether oxygens (including phenoxy) is 1. The summed E-state index contributed by atoms with van der Waals surface area (Å²) in [7, 11) is 1.63. The predicted molar refractivity (Wildman–Crippen MR) is 72.2 cm³/mol. The largest absolute Gasteiger partial charge is 0.497 e. The van der Waals surface area contributed by atoms with E-state index in [1.165, 1.54) is 0 Å². The second kappa shape index (κ2) is 5.50. The van der Waals surface area contributed by atoms with Gasteiger partial charge in [0.15, 0.2) is 5.78 Å². The number of carbonyl (C=O) groups excluding carboxylic acids is 1. The highest BCUT2D eigenvalue weighted by molar-refractivity contribution is 5.97. The first-order valence-electron chi connectivity index (χ1n) is 5.92. The lowest BCUT2D eigenvalue weighted by atomic mass is 10.0. The van der Waals surface area contributed by atoms with Crippen molar-refractivity contribution in [1.29, 1.82) is 0 Å². The molecule has 0 aliphatic carbocycles. The zero-order chi connectivity index (χ0) is 13.0. The fraction of sp³-hybridized carbons (Fsp3) is 0.188. The van der Waals surface area contributed by atoms with E-state index < -0.39 is 0 Å². The van der Waals surface area contributed by atoms with Crippen LogP contribution in [0.2, 0.25) is 0 Å². The van der Waals surface area contributed by atoms with Crippen molar-refractivity contribution in [3.63, 3.8) is 0 Å². The van der Waals surface area contributed by atoms with Crippen LogP contribution in [0.25, 0.3) is 0 Å². The molecule has 0 N–H and O–H groups in total. The number of rotatable bonds is 4. The normalized spacial score (nSPS) is 10.1. The average Bonchev–Trinajstić information content (AvgIpc) is 2.39. The second-order valence-corrected chi connectivity index (χ2v) is 4.32. The lowest BCUT2D eigenvalue weighted by Gasteiger charge is -2.05. The van der Waals surface area contributed by atoms with Gasteiger partial charge in [0.1, 0.15) is 5.75 Å². The molecule has 0 amide bonds. The SMILES string of the molecule is COc1cccc(CC(=O)c2cccc(C)c2)c1. The summed E-state index contributed by atoms with van der Waals surface area (Å²) in [5.41, 5.74) is 2.84. The molecule has 18 heavy (non-hydrogen) atoms. The molecule has 0 heterocycles. The lowest BCUT2D eigenvalue weighted by molar-refractivity contribution is 0.0993. The second-order valence-electron chi connectivity index (χ2n) is 4.32. The van der Waals surface area contributed by atoms with Crippen molar-refractivity contribution in [2.75, 3.05) is 7.11 Å². The Balaban J connectivity index is 2.16. The fourth-order valence-corrected chi connectivity index (χ4v) is 1.89. The van der Waals surface area contributed by atoms with Gasteiger partial charge in [-0.3, -0.25) is 4.79 Å². The maximum absolute atomic E-state index is 12.1. The quantitative estimate of drug-likeness (QED) is 0.765. The van der Waals surface area contributed by atoms with Crippen LogP contribution in [0.4, 0.5) is 0 Å². The van der Waals surface area contributed by atoms with Crippen molar-refractivity contribution in [3.05, 3.63) is 65.2 Å². The van der Waals surface area contributed by atoms with E-state index in [1.54, 1.807) is 7.11 Å². The van der Waals surface area contributed by atoms with Crippen LogP contribution in [0.5, 0.6) is 5.75 Å². The van der Waals surface area contributed by atoms with Crippen molar-refractivity contribution in [3.8, 4) is 5.75 Å². The molecule has 2 aromatic carbocycles. The molecule has 2 rings (SSSR count). The molecule has 0 radical (unpaired) electrons. The minimum Gasteiger partial charge on any atom is -0.497 e. The standard InChI is InChI=1S/C16H16O2/c1-12-5-3-7-14(9-12)16(17)11-13-6-4-8-15(10-13)18-2/h3-10H,11H2,1-2H3. The number of aryl methyl sites for hydroxylation is 1. The summed E-state index contributed by atoms with van der Waals surface area (Å²) in [6.45, 7) is 1.99. The van der Waals surface area contributed by atoms with Crippen molar-refractivity contribution < 1.29 is 9.53 Å². The molecule has 2 heteroatoms. The highest BCUT2D eigenvalue weighted by atomic mass is 16.5. The minimum atomic E-state index is 0.131. The Morgan fingerprint density at radius 1 is 1.11 bits per heavy atom. The van der Waals surface area contributed by atoms with Crippen LogP contribution in [-0.4, -0.2) is 12.9 Å². The van der Waals surface area contributed by atoms with Crippen molar-refractivity contribution in [2.45, 2.75) is 13.3 Å². The van der Waals surface area contributed by atoms with Crippen LogP contribution in [0.15, 0.2) is 48.5 Å². The van der Waals surface area contributed by atoms with E-state index in [0.717, 1.165) is 22.4 Å². The molecule has 92 valence electrons. The first-order chi connectivity index (χ1) is 8.69. The van der Waals surface area contributed by atoms with E-state index in [1.807, 2.05) is 55.5 Å². The van der Waals surface area contributed by atoms with Gasteiger partial charge in [0, 0.05) is 12.0 Å². The Labute approximate surface area is 107 Å². The first-order valence-corrected chi connectivity index (χ1v) is 5.92. The van der Waals surface area contributed by atoms with E-state index in [0.29, 0.717) is 6.42 Å². The van der Waals surface area contributed by atoms with Gasteiger partial charge in [0.2, 0.25) is 0 Å². The lowest BCUT2D eigenvalue weighted by Crippen LogP contribution is -2.03. The Morgan fingerprint density at radius 3 is 2.61 bits per heavy atom. The van der Waals surface area contributed by atoms with E-state index >= 15 is 0 Å². The van der Waals surface area contributed by atoms with Gasteiger partial charge >= 0.3 is 0 Å². The van der Waals surface area contributed by atoms with E-state index in [9.17, 15) is 4.79 Å². The average molecular weight is 240 g/mol. The molecule has 0 spiro atoms. The number of ketones is 1. The summed E-state index contributed by atoms with van der Waals surface area (Å²) >= 11 is 0. The Hall–Kier alpha value is -2.09. The van der Waals surface area contributed by atoms with Crippen LogP contribution in [0, 0.1) is 6.92 Å². The summed E-state index contributed by atoms with van der Waals surface area (Å²) in [4.78, 5) is 12.1. The molecular weight excluding hydrogens is 224 g/mol. The van der Waals surface area contributed by atoms with Gasteiger partial charge in [-0.1, -0.05) is 35.9 Å². The molecule has 0 fully saturated rings. The molecule has 0 bridgehead atoms. The summed E-state index contributed by atoms with van der Waals surface area (Å²) in [6.07, 6.45) is 0.403. The highest BCUT2D eigenvalue weighted by Crippen LogP contribution is 2.15. The number of carbonyl (C=O) groups is 1. The molecule has 0 aliphatic heterocycles. The van der Waals surface area contributed by atoms with Gasteiger partial charge in [-0.2, -0.15) is 0 Å². The predicted octanol–water partition coefficient (Wildman–Crippen LogP) is 3.43. The van der Waals surface area contributed by atoms with E-state index in [4.69, 9.17) is 4.74 Å². The van der Waals surface area contributed by atoms with Crippen LogP contribution >= 0.6 is 0 Å². The van der Waals surface area contributed by atoms with Gasteiger partial charge in [-0.25, -0.2) is 0 Å². The zero-order valence-corrected chi connectivity index (χ0v) is 10.6. The van der Waals surface area contributed by atoms with Gasteiger partial charge in [0.25, 0.3) is 0 Å². The van der Waals surface area contributed by atoms with Gasteiger partial charge < -0.3 is 4.74 Å². The van der Waals surface area contributed by atoms with Crippen molar-refractivity contribution >= 4 is 5.78 Å². The highest BCUT2D eigenvalue weighted by Gasteiger charge is 2.07. The van der Waals surface area contributed by atoms with E-state index in [-0.39, 0.29) is 5.78 Å². The molecule has 0 atom stereocenters. The van der Waals surface area contributed by atoms with Crippen molar-refractivity contribution in [2.24, 2.45) is 0 Å². The summed E-state index contributed by atoms with van der Waals surface area (Å²) in [6, 6.07) is 15.3. The molecule has 0 unspecified atom stereocenters. The van der Waals surface area contributed by atoms with Gasteiger partial charge in [-0.15, -0.1) is 0 Å². The Kier molecular flexibility index (Phi) is 3.78. The zero-order valence-electron chi connectivity index (χ0n) is 10.6. The third kappa shape index (κ3) is 2.98. The number of hydrogen-bond acceptors (Lipinski definition) is 2. The van der Waals surface area contributed by atoms with Crippen LogP contribution in [0.3, 0.4) is 0 Å². The van der Waals surface area contributed by atoms with E-state index in [2.05, 4.69) is 0 Å². The number of benzene rings is 2. The maximum atomic E-state index is 12.1. The molecule has 0 saturated carbocycles. The summed E-state index contributed by atoms with van der Waals surface area (Å²) in [5, 5.41) is 0. The van der Waals surface area contributed by atoms with Crippen LogP contribution < -0.4 is 4.74 Å². The number of hydrogen-bond donors (Lipinski definition) is 0. The molecule has 0 aliphatic rings. The van der Waals surface area contributed by atoms with Gasteiger partial charge in [0.05, 0.1) is 7.11 Å². The smallest absolute Gasteiger partial charge is 0.167 e. The van der Waals surface area contributed by atoms with Crippen LogP contribution in [0.1, 0.15) is 21.5 Å². The summed E-state index contributed by atoms with van der Waals surface area (Å²) in [5.74, 6) is 0.913. The van der Waals surface area contributed by atoms with Crippen molar-refractivity contribution in [1.82, 2.24) is 0 Å². The third-order valence-electron chi connectivity index (χ3n) is 2.84. The maximum Gasteiger partial charge on any atom is 0.167 e.